The summed E-state index contributed by atoms with van der Waals surface area (Å²) in [5, 5.41) is 2.80. The van der Waals surface area contributed by atoms with Gasteiger partial charge in [-0.3, -0.25) is 9.69 Å². The fourth-order valence-electron chi connectivity index (χ4n) is 3.10. The lowest BCUT2D eigenvalue weighted by Gasteiger charge is -2.34. The van der Waals surface area contributed by atoms with Crippen molar-refractivity contribution in [3.05, 3.63) is 0 Å². The highest BCUT2D eigenvalue weighted by Gasteiger charge is 2.41. The molecule has 1 unspecified atom stereocenters. The third kappa shape index (κ3) is 3.90. The number of hydrogen-bond acceptors (Lipinski definition) is 3. The Hall–Kier alpha value is -0.710. The van der Waals surface area contributed by atoms with Crippen LogP contribution in [0.5, 0.6) is 0 Å². The highest BCUT2D eigenvalue weighted by Crippen LogP contribution is 2.33. The number of hydrogen-bond donors (Lipinski definition) is 2. The molecular weight excluding hydrogens is 272 g/mol. The summed E-state index contributed by atoms with van der Waals surface area (Å²) in [6, 6.07) is -0.555. The summed E-state index contributed by atoms with van der Waals surface area (Å²) in [7, 11) is 0. The van der Waals surface area contributed by atoms with E-state index in [0.717, 1.165) is 38.5 Å². The van der Waals surface area contributed by atoms with E-state index in [0.29, 0.717) is 12.3 Å². The van der Waals surface area contributed by atoms with Crippen molar-refractivity contribution in [2.24, 2.45) is 5.41 Å². The Labute approximate surface area is 128 Å². The molecule has 0 bridgehead atoms. The van der Waals surface area contributed by atoms with Crippen LogP contribution in [0.15, 0.2) is 0 Å². The molecule has 0 saturated carbocycles. The Kier molecular flexibility index (Phi) is 6.86. The number of imide groups is 1. The Morgan fingerprint density at radius 1 is 1.15 bits per heavy atom. The molecule has 1 aliphatic rings. The molecule has 1 heterocycles. The first-order valence-electron chi connectivity index (χ1n) is 7.76. The van der Waals surface area contributed by atoms with Gasteiger partial charge >= 0.3 is 6.03 Å². The number of rotatable bonds is 9. The summed E-state index contributed by atoms with van der Waals surface area (Å²) < 4.78 is 0. The van der Waals surface area contributed by atoms with Crippen molar-refractivity contribution >= 4 is 24.6 Å². The molecule has 116 valence electrons. The van der Waals surface area contributed by atoms with Crippen molar-refractivity contribution < 1.29 is 9.59 Å². The minimum atomic E-state index is -0.326. The number of amides is 3. The topological polar surface area (TPSA) is 49.4 Å². The summed E-state index contributed by atoms with van der Waals surface area (Å²) in [5.74, 6) is 0.652. The minimum absolute atomic E-state index is 0.0410. The molecular formula is C15H28N2O2S. The van der Waals surface area contributed by atoms with Crippen molar-refractivity contribution in [1.82, 2.24) is 10.2 Å². The van der Waals surface area contributed by atoms with E-state index in [1.165, 1.54) is 4.90 Å². The molecule has 0 radical (unpaired) electrons. The quantitative estimate of drug-likeness (QED) is 0.507. The van der Waals surface area contributed by atoms with Crippen LogP contribution >= 0.6 is 12.6 Å². The Balaban J connectivity index is 2.82. The lowest BCUT2D eigenvalue weighted by Crippen LogP contribution is -2.43. The lowest BCUT2D eigenvalue weighted by atomic mass is 9.80. The largest absolute Gasteiger partial charge is 0.326 e. The Bertz CT molecular complexity index is 341. The first-order chi connectivity index (χ1) is 9.53. The molecule has 0 aromatic heterocycles. The second-order valence-electron chi connectivity index (χ2n) is 5.87. The van der Waals surface area contributed by atoms with Gasteiger partial charge in [0.15, 0.2) is 0 Å². The van der Waals surface area contributed by atoms with E-state index >= 15 is 0 Å². The van der Waals surface area contributed by atoms with E-state index in [4.69, 9.17) is 0 Å². The van der Waals surface area contributed by atoms with E-state index < -0.39 is 0 Å². The monoisotopic (exact) mass is 300 g/mol. The van der Waals surface area contributed by atoms with Gasteiger partial charge in [-0.05, 0) is 30.4 Å². The molecule has 1 aliphatic heterocycles. The summed E-state index contributed by atoms with van der Waals surface area (Å²) >= 11 is 4.50. The second kappa shape index (κ2) is 7.91. The van der Waals surface area contributed by atoms with Gasteiger partial charge in [0.05, 0.1) is 0 Å². The van der Waals surface area contributed by atoms with Crippen LogP contribution < -0.4 is 5.32 Å². The standard InChI is InChI=1S/C15H28N2O2S/c1-4-7-12-13(18)17(14(19)16-12)10-15(11-20,8-5-2)9-6-3/h12,20H,4-11H2,1-3H3,(H,16,19). The number of nitrogens with zero attached hydrogens (tertiary/aromatic N) is 1. The summed E-state index contributed by atoms with van der Waals surface area (Å²) in [6.45, 7) is 6.80. The van der Waals surface area contributed by atoms with Crippen LogP contribution in [0.1, 0.15) is 59.3 Å². The van der Waals surface area contributed by atoms with E-state index in [1.807, 2.05) is 6.92 Å². The van der Waals surface area contributed by atoms with Crippen LogP contribution in [0.25, 0.3) is 0 Å². The van der Waals surface area contributed by atoms with E-state index in [2.05, 4.69) is 31.8 Å². The highest BCUT2D eigenvalue weighted by molar-refractivity contribution is 7.80. The average Bonchev–Trinajstić information content (AvgIpc) is 2.67. The normalized spacial score (nSPS) is 19.6. The van der Waals surface area contributed by atoms with Crippen molar-refractivity contribution in [2.45, 2.75) is 65.3 Å². The van der Waals surface area contributed by atoms with Gasteiger partial charge in [0.2, 0.25) is 0 Å². The van der Waals surface area contributed by atoms with E-state index in [-0.39, 0.29) is 23.4 Å². The maximum Gasteiger partial charge on any atom is 0.324 e. The van der Waals surface area contributed by atoms with Crippen LogP contribution in [0.4, 0.5) is 4.79 Å². The molecule has 20 heavy (non-hydrogen) atoms. The van der Waals surface area contributed by atoms with Crippen LogP contribution in [-0.2, 0) is 4.79 Å². The smallest absolute Gasteiger partial charge is 0.324 e. The summed E-state index contributed by atoms with van der Waals surface area (Å²) in [5.41, 5.74) is -0.0410. The van der Waals surface area contributed by atoms with Crippen molar-refractivity contribution in [2.75, 3.05) is 12.3 Å². The van der Waals surface area contributed by atoms with Crippen LogP contribution in [0, 0.1) is 5.41 Å². The molecule has 1 saturated heterocycles. The maximum absolute atomic E-state index is 12.3. The molecule has 1 atom stereocenters. The number of urea groups is 1. The van der Waals surface area contributed by atoms with Gasteiger partial charge in [0.1, 0.15) is 6.04 Å². The highest BCUT2D eigenvalue weighted by atomic mass is 32.1. The zero-order chi connectivity index (χ0) is 15.2. The van der Waals surface area contributed by atoms with Gasteiger partial charge in [-0.15, -0.1) is 0 Å². The molecule has 0 aromatic carbocycles. The zero-order valence-electron chi connectivity index (χ0n) is 12.9. The molecule has 1 rings (SSSR count). The number of thiol groups is 1. The van der Waals surface area contributed by atoms with Crippen LogP contribution in [-0.4, -0.2) is 35.2 Å². The molecule has 1 N–H and O–H groups in total. The molecule has 0 aliphatic carbocycles. The van der Waals surface area contributed by atoms with Crippen LogP contribution in [0.3, 0.4) is 0 Å². The maximum atomic E-state index is 12.3. The van der Waals surface area contributed by atoms with E-state index in [9.17, 15) is 9.59 Å². The average molecular weight is 300 g/mol. The molecule has 0 aromatic rings. The fraction of sp³-hybridized carbons (Fsp3) is 0.867. The van der Waals surface area contributed by atoms with Crippen molar-refractivity contribution in [3.63, 3.8) is 0 Å². The SMILES string of the molecule is CCCC1NC(=O)N(CC(CS)(CCC)CCC)C1=O. The lowest BCUT2D eigenvalue weighted by molar-refractivity contribution is -0.128. The van der Waals surface area contributed by atoms with Crippen LogP contribution in [0.2, 0.25) is 0 Å². The molecule has 3 amide bonds. The second-order valence-corrected chi connectivity index (χ2v) is 6.19. The predicted octanol–water partition coefficient (Wildman–Crippen LogP) is 3.22. The fourth-order valence-corrected chi connectivity index (χ4v) is 3.51. The first-order valence-corrected chi connectivity index (χ1v) is 8.39. The zero-order valence-corrected chi connectivity index (χ0v) is 13.8. The third-order valence-electron chi connectivity index (χ3n) is 4.07. The summed E-state index contributed by atoms with van der Waals surface area (Å²) in [6.07, 6.45) is 5.70. The third-order valence-corrected chi connectivity index (χ3v) is 4.74. The molecule has 0 spiro atoms. The van der Waals surface area contributed by atoms with Gasteiger partial charge in [0.25, 0.3) is 5.91 Å². The number of carbonyl (C=O) groups excluding carboxylic acids is 2. The number of nitrogens with one attached hydrogen (secondary N) is 1. The predicted molar refractivity (Wildman–Crippen MR) is 85.0 cm³/mol. The first kappa shape index (κ1) is 17.3. The van der Waals surface area contributed by atoms with Gasteiger partial charge in [-0.2, -0.15) is 12.6 Å². The molecule has 1 fully saturated rings. The summed E-state index contributed by atoms with van der Waals surface area (Å²) in [4.78, 5) is 25.8. The number of carbonyl (C=O) groups is 2. The van der Waals surface area contributed by atoms with Gasteiger partial charge in [0, 0.05) is 6.54 Å². The Morgan fingerprint density at radius 2 is 1.75 bits per heavy atom. The Morgan fingerprint density at radius 3 is 2.20 bits per heavy atom. The molecule has 4 nitrogen and oxygen atoms in total. The van der Waals surface area contributed by atoms with Crippen molar-refractivity contribution in [1.29, 1.82) is 0 Å². The van der Waals surface area contributed by atoms with Gasteiger partial charge < -0.3 is 5.32 Å². The van der Waals surface area contributed by atoms with Crippen molar-refractivity contribution in [3.8, 4) is 0 Å². The van der Waals surface area contributed by atoms with Gasteiger partial charge in [-0.1, -0.05) is 40.0 Å². The minimum Gasteiger partial charge on any atom is -0.326 e. The van der Waals surface area contributed by atoms with E-state index in [1.54, 1.807) is 0 Å². The molecule has 5 heteroatoms. The van der Waals surface area contributed by atoms with Gasteiger partial charge in [-0.25, -0.2) is 4.79 Å².